The minimum atomic E-state index is -0.874. The molecular formula is C28H32N2O6. The minimum Gasteiger partial charge on any atom is -0.503 e. The summed E-state index contributed by atoms with van der Waals surface area (Å²) in [5.41, 5.74) is 2.09. The number of ketones is 1. The Balaban J connectivity index is 1.83. The smallest absolute Gasteiger partial charge is 0.290 e. The molecule has 0 aliphatic carbocycles. The fourth-order valence-electron chi connectivity index (χ4n) is 4.76. The molecule has 8 heteroatoms. The van der Waals surface area contributed by atoms with Crippen molar-refractivity contribution in [1.29, 1.82) is 0 Å². The van der Waals surface area contributed by atoms with Gasteiger partial charge in [0.05, 0.1) is 25.8 Å². The van der Waals surface area contributed by atoms with Crippen molar-refractivity contribution in [3.05, 3.63) is 70.7 Å². The summed E-state index contributed by atoms with van der Waals surface area (Å²) in [4.78, 5) is 30.8. The van der Waals surface area contributed by atoms with E-state index in [9.17, 15) is 14.7 Å². The van der Waals surface area contributed by atoms with E-state index in [0.29, 0.717) is 35.7 Å². The van der Waals surface area contributed by atoms with Gasteiger partial charge in [-0.1, -0.05) is 37.6 Å². The quantitative estimate of drug-likeness (QED) is 0.411. The lowest BCUT2D eigenvalue weighted by Crippen LogP contribution is -2.38. The molecule has 2 aromatic carbocycles. The Bertz CT molecular complexity index is 1320. The van der Waals surface area contributed by atoms with Gasteiger partial charge in [0.2, 0.25) is 5.78 Å². The zero-order valence-electron chi connectivity index (χ0n) is 21.3. The van der Waals surface area contributed by atoms with Crippen molar-refractivity contribution >= 4 is 22.7 Å². The molecule has 1 unspecified atom stereocenters. The van der Waals surface area contributed by atoms with E-state index in [1.54, 1.807) is 30.3 Å². The van der Waals surface area contributed by atoms with Crippen LogP contribution >= 0.6 is 0 Å². The number of fused-ring (bicyclic) bond motifs is 1. The molecule has 2 heterocycles. The number of hydrogen-bond acceptors (Lipinski definition) is 7. The van der Waals surface area contributed by atoms with Crippen molar-refractivity contribution in [2.45, 2.75) is 26.8 Å². The van der Waals surface area contributed by atoms with Crippen molar-refractivity contribution in [3.8, 4) is 11.5 Å². The Kier molecular flexibility index (Phi) is 7.35. The number of aryl methyl sites for hydroxylation is 1. The van der Waals surface area contributed by atoms with Gasteiger partial charge in [-0.2, -0.15) is 0 Å². The fourth-order valence-corrected chi connectivity index (χ4v) is 4.76. The van der Waals surface area contributed by atoms with Gasteiger partial charge in [-0.25, -0.2) is 0 Å². The molecule has 190 valence electrons. The van der Waals surface area contributed by atoms with Gasteiger partial charge in [0.15, 0.2) is 23.0 Å². The molecule has 0 bridgehead atoms. The summed E-state index contributed by atoms with van der Waals surface area (Å²) < 4.78 is 17.0. The normalized spacial score (nSPS) is 15.9. The van der Waals surface area contributed by atoms with Gasteiger partial charge >= 0.3 is 0 Å². The van der Waals surface area contributed by atoms with Crippen LogP contribution in [0.2, 0.25) is 0 Å². The van der Waals surface area contributed by atoms with E-state index in [-0.39, 0.29) is 11.3 Å². The van der Waals surface area contributed by atoms with Crippen LogP contribution in [0.1, 0.15) is 41.6 Å². The molecule has 1 atom stereocenters. The molecule has 36 heavy (non-hydrogen) atoms. The Morgan fingerprint density at radius 1 is 1.11 bits per heavy atom. The summed E-state index contributed by atoms with van der Waals surface area (Å²) >= 11 is 0. The molecule has 0 fully saturated rings. The largest absolute Gasteiger partial charge is 0.503 e. The standard InChI is InChI=1S/C28H32N2O6/c1-6-29(7-2)13-14-30-24(19-9-8-10-21(34-4)27(19)35-5)23(26(32)28(30)33)25(31)22-16-18-15-17(3)11-12-20(18)36-22/h8-12,15-16,24,32H,6-7,13-14H2,1-5H3. The van der Waals surface area contributed by atoms with Crippen LogP contribution in [0.3, 0.4) is 0 Å². The Morgan fingerprint density at radius 3 is 2.53 bits per heavy atom. The highest BCUT2D eigenvalue weighted by molar-refractivity contribution is 6.16. The maximum Gasteiger partial charge on any atom is 0.290 e. The number of para-hydroxylation sites is 1. The number of nitrogens with zero attached hydrogens (tertiary/aromatic N) is 2. The highest BCUT2D eigenvalue weighted by Gasteiger charge is 2.45. The second-order valence-corrected chi connectivity index (χ2v) is 8.75. The molecule has 1 aliphatic heterocycles. The Morgan fingerprint density at radius 2 is 1.86 bits per heavy atom. The number of carbonyl (C=O) groups is 2. The summed E-state index contributed by atoms with van der Waals surface area (Å²) in [7, 11) is 3.03. The number of aliphatic hydroxyl groups excluding tert-OH is 1. The van der Waals surface area contributed by atoms with Gasteiger partial charge in [-0.3, -0.25) is 9.59 Å². The van der Waals surface area contributed by atoms with Gasteiger partial charge in [-0.05, 0) is 44.3 Å². The number of ether oxygens (including phenoxy) is 2. The summed E-state index contributed by atoms with van der Waals surface area (Å²) in [6, 6.07) is 11.7. The lowest BCUT2D eigenvalue weighted by atomic mass is 9.94. The van der Waals surface area contributed by atoms with Crippen LogP contribution < -0.4 is 9.47 Å². The van der Waals surface area contributed by atoms with Crippen LogP contribution in [0.4, 0.5) is 0 Å². The predicted octanol–water partition coefficient (Wildman–Crippen LogP) is 4.68. The molecule has 0 saturated carbocycles. The Hall–Kier alpha value is -3.78. The van der Waals surface area contributed by atoms with Crippen molar-refractivity contribution in [2.75, 3.05) is 40.4 Å². The van der Waals surface area contributed by atoms with Crippen LogP contribution in [-0.2, 0) is 4.79 Å². The zero-order chi connectivity index (χ0) is 26.0. The van der Waals surface area contributed by atoms with Crippen LogP contribution in [0.25, 0.3) is 11.0 Å². The third-order valence-electron chi connectivity index (χ3n) is 6.72. The second kappa shape index (κ2) is 10.5. The molecule has 4 rings (SSSR count). The number of hydrogen-bond donors (Lipinski definition) is 1. The Labute approximate surface area is 210 Å². The first-order valence-corrected chi connectivity index (χ1v) is 12.1. The van der Waals surface area contributed by atoms with E-state index >= 15 is 0 Å². The van der Waals surface area contributed by atoms with Gasteiger partial charge in [0.25, 0.3) is 5.91 Å². The average Bonchev–Trinajstić information content (AvgIpc) is 3.42. The SMILES string of the molecule is CCN(CC)CCN1C(=O)C(O)=C(C(=O)c2cc3cc(C)ccc3o2)C1c1cccc(OC)c1OC. The molecule has 0 spiro atoms. The van der Waals surface area contributed by atoms with E-state index in [1.165, 1.54) is 19.1 Å². The monoisotopic (exact) mass is 492 g/mol. The van der Waals surface area contributed by atoms with E-state index in [2.05, 4.69) is 4.90 Å². The fraction of sp³-hybridized carbons (Fsp3) is 0.357. The molecule has 8 nitrogen and oxygen atoms in total. The van der Waals surface area contributed by atoms with Crippen molar-refractivity contribution < 1.29 is 28.6 Å². The highest BCUT2D eigenvalue weighted by atomic mass is 16.5. The molecule has 0 radical (unpaired) electrons. The molecule has 1 N–H and O–H groups in total. The molecular weight excluding hydrogens is 460 g/mol. The zero-order valence-corrected chi connectivity index (χ0v) is 21.3. The first-order valence-electron chi connectivity index (χ1n) is 12.1. The third kappa shape index (κ3) is 4.44. The van der Waals surface area contributed by atoms with E-state index in [0.717, 1.165) is 24.0 Å². The lowest BCUT2D eigenvalue weighted by Gasteiger charge is -2.30. The molecule has 1 aromatic heterocycles. The van der Waals surface area contributed by atoms with Crippen molar-refractivity contribution in [1.82, 2.24) is 9.80 Å². The molecule has 1 amide bonds. The van der Waals surface area contributed by atoms with Gasteiger partial charge in [0.1, 0.15) is 5.58 Å². The van der Waals surface area contributed by atoms with Gasteiger partial charge in [0, 0.05) is 24.0 Å². The van der Waals surface area contributed by atoms with Crippen molar-refractivity contribution in [2.24, 2.45) is 0 Å². The first kappa shape index (κ1) is 25.3. The number of Topliss-reactive ketones (excluding diaryl/α,β-unsaturated/α-hetero) is 1. The summed E-state index contributed by atoms with van der Waals surface area (Å²) in [6.07, 6.45) is 0. The van der Waals surface area contributed by atoms with E-state index < -0.39 is 23.5 Å². The number of rotatable bonds is 10. The summed E-state index contributed by atoms with van der Waals surface area (Å²) in [6.45, 7) is 8.57. The summed E-state index contributed by atoms with van der Waals surface area (Å²) in [5, 5.41) is 11.8. The van der Waals surface area contributed by atoms with Crippen molar-refractivity contribution in [3.63, 3.8) is 0 Å². The lowest BCUT2D eigenvalue weighted by molar-refractivity contribution is -0.129. The number of methoxy groups -OCH3 is 2. The first-order chi connectivity index (χ1) is 17.3. The van der Waals surface area contributed by atoms with Crippen LogP contribution in [0.5, 0.6) is 11.5 Å². The van der Waals surface area contributed by atoms with Gasteiger partial charge < -0.3 is 28.8 Å². The minimum absolute atomic E-state index is 0.0399. The molecule has 0 saturated heterocycles. The number of amides is 1. The number of aliphatic hydroxyl groups is 1. The number of benzene rings is 2. The van der Waals surface area contributed by atoms with Gasteiger partial charge in [-0.15, -0.1) is 0 Å². The number of carbonyl (C=O) groups excluding carboxylic acids is 2. The average molecular weight is 493 g/mol. The van der Waals surface area contributed by atoms with Crippen LogP contribution in [0.15, 0.2) is 58.2 Å². The van der Waals surface area contributed by atoms with E-state index in [4.69, 9.17) is 13.9 Å². The molecule has 1 aliphatic rings. The predicted molar refractivity (Wildman–Crippen MR) is 137 cm³/mol. The van der Waals surface area contributed by atoms with E-state index in [1.807, 2.05) is 32.9 Å². The van der Waals surface area contributed by atoms with Crippen LogP contribution in [-0.4, -0.2) is 67.0 Å². The molecule has 3 aromatic rings. The third-order valence-corrected chi connectivity index (χ3v) is 6.72. The topological polar surface area (TPSA) is 92.5 Å². The highest BCUT2D eigenvalue weighted by Crippen LogP contribution is 2.45. The second-order valence-electron chi connectivity index (χ2n) is 8.75. The summed E-state index contributed by atoms with van der Waals surface area (Å²) in [5.74, 6) is -0.815. The number of furan rings is 1. The number of likely N-dealkylation sites (N-methyl/N-ethyl adjacent to an activating group) is 1. The van der Waals surface area contributed by atoms with Crippen LogP contribution in [0, 0.1) is 6.92 Å². The maximum atomic E-state index is 13.8. The maximum absolute atomic E-state index is 13.8.